The summed E-state index contributed by atoms with van der Waals surface area (Å²) in [4.78, 5) is 0. The summed E-state index contributed by atoms with van der Waals surface area (Å²) in [6.07, 6.45) is -12.9. The number of hydrogen-bond acceptors (Lipinski definition) is 15. The van der Waals surface area contributed by atoms with Gasteiger partial charge in [-0.05, 0) is 0 Å². The maximum absolute atomic E-state index is 10.9. The Bertz CT molecular complexity index is 661. The Morgan fingerprint density at radius 1 is 0.629 bits per heavy atom. The quantitative estimate of drug-likeness (QED) is 0.146. The van der Waals surface area contributed by atoms with Crippen molar-refractivity contribution in [3.63, 3.8) is 0 Å². The standard InChI is InChI=1S/C20H39N3O12/c1-6-7(3-24)31-19(10(21)13(6)27)34-17-9(5-26)33-20(12(23)15(17)29)35-16-8(4-25)32-18(30-2)11(22)14(16)28/h6-20,24-29H,3-5,21-23H2,1-2H3. The predicted molar refractivity (Wildman–Crippen MR) is 115 cm³/mol. The first kappa shape index (κ1) is 29.0. The molecule has 3 aliphatic rings. The van der Waals surface area contributed by atoms with Crippen molar-refractivity contribution in [2.24, 2.45) is 23.1 Å². The number of rotatable bonds is 8. The smallest absolute Gasteiger partial charge is 0.176 e. The van der Waals surface area contributed by atoms with E-state index in [0.29, 0.717) is 0 Å². The maximum Gasteiger partial charge on any atom is 0.176 e. The minimum Gasteiger partial charge on any atom is -0.394 e. The van der Waals surface area contributed by atoms with Crippen LogP contribution in [-0.4, -0.2) is 143 Å². The molecule has 15 atom stereocenters. The van der Waals surface area contributed by atoms with Crippen LogP contribution in [0.1, 0.15) is 6.92 Å². The lowest BCUT2D eigenvalue weighted by atomic mass is 9.89. The molecule has 3 fully saturated rings. The maximum atomic E-state index is 10.9. The van der Waals surface area contributed by atoms with Crippen molar-refractivity contribution in [3.8, 4) is 0 Å². The van der Waals surface area contributed by atoms with Crippen LogP contribution < -0.4 is 17.2 Å². The summed E-state index contributed by atoms with van der Waals surface area (Å²) in [6.45, 7) is 0.102. The molecule has 15 nitrogen and oxygen atoms in total. The third-order valence-corrected chi connectivity index (χ3v) is 6.94. The lowest BCUT2D eigenvalue weighted by Gasteiger charge is -2.49. The van der Waals surface area contributed by atoms with E-state index >= 15 is 0 Å². The highest BCUT2D eigenvalue weighted by molar-refractivity contribution is 4.98. The third kappa shape index (κ3) is 5.79. The molecule has 0 aromatic heterocycles. The van der Waals surface area contributed by atoms with Gasteiger partial charge in [0.1, 0.15) is 36.6 Å². The molecule has 12 N–H and O–H groups in total. The van der Waals surface area contributed by atoms with E-state index < -0.39 is 112 Å². The molecule has 0 aromatic carbocycles. The van der Waals surface area contributed by atoms with Gasteiger partial charge in [0.15, 0.2) is 18.9 Å². The molecule has 0 radical (unpaired) electrons. The number of methoxy groups -OCH3 is 1. The van der Waals surface area contributed by atoms with Gasteiger partial charge >= 0.3 is 0 Å². The van der Waals surface area contributed by atoms with E-state index in [1.54, 1.807) is 6.92 Å². The van der Waals surface area contributed by atoms with Crippen LogP contribution in [0.2, 0.25) is 0 Å². The Balaban J connectivity index is 1.72. The van der Waals surface area contributed by atoms with Crippen molar-refractivity contribution in [3.05, 3.63) is 0 Å². The molecule has 3 aliphatic heterocycles. The minimum atomic E-state index is -1.47. The fraction of sp³-hybridized carbons (Fsp3) is 1.00. The Hall–Kier alpha value is -0.600. The molecule has 0 spiro atoms. The number of ether oxygens (including phenoxy) is 6. The summed E-state index contributed by atoms with van der Waals surface area (Å²) < 4.78 is 33.5. The van der Waals surface area contributed by atoms with Crippen molar-refractivity contribution < 1.29 is 59.1 Å². The zero-order valence-electron chi connectivity index (χ0n) is 19.6. The lowest BCUT2D eigenvalue weighted by molar-refractivity contribution is -0.347. The molecule has 0 amide bonds. The van der Waals surface area contributed by atoms with Crippen molar-refractivity contribution in [1.82, 2.24) is 0 Å². The largest absolute Gasteiger partial charge is 0.394 e. The van der Waals surface area contributed by atoms with E-state index in [0.717, 1.165) is 0 Å². The van der Waals surface area contributed by atoms with Gasteiger partial charge in [0.25, 0.3) is 0 Å². The van der Waals surface area contributed by atoms with Crippen molar-refractivity contribution >= 4 is 0 Å². The summed E-state index contributed by atoms with van der Waals surface area (Å²) in [5, 5.41) is 61.0. The van der Waals surface area contributed by atoms with Gasteiger partial charge in [-0.1, -0.05) is 6.92 Å². The number of nitrogens with two attached hydrogens (primary N) is 3. The summed E-state index contributed by atoms with van der Waals surface area (Å²) in [7, 11) is 1.33. The van der Waals surface area contributed by atoms with Crippen molar-refractivity contribution in [2.45, 2.75) is 92.8 Å². The molecule has 0 bridgehead atoms. The second kappa shape index (κ2) is 12.3. The average Bonchev–Trinajstić information content (AvgIpc) is 2.86. The van der Waals surface area contributed by atoms with E-state index in [9.17, 15) is 30.6 Å². The van der Waals surface area contributed by atoms with Gasteiger partial charge in [-0.2, -0.15) is 0 Å². The Kier molecular flexibility index (Phi) is 10.2. The van der Waals surface area contributed by atoms with Gasteiger partial charge in [0.05, 0.1) is 50.2 Å². The van der Waals surface area contributed by atoms with Crippen LogP contribution in [0.4, 0.5) is 0 Å². The van der Waals surface area contributed by atoms with E-state index in [4.69, 9.17) is 45.6 Å². The second-order valence-electron chi connectivity index (χ2n) is 9.18. The highest BCUT2D eigenvalue weighted by Gasteiger charge is 2.52. The van der Waals surface area contributed by atoms with Crippen LogP contribution in [0.3, 0.4) is 0 Å². The molecule has 15 unspecified atom stereocenters. The summed E-state index contributed by atoms with van der Waals surface area (Å²) in [5.74, 6) is -0.469. The molecular weight excluding hydrogens is 474 g/mol. The third-order valence-electron chi connectivity index (χ3n) is 6.94. The first-order valence-electron chi connectivity index (χ1n) is 11.5. The molecule has 15 heteroatoms. The monoisotopic (exact) mass is 513 g/mol. The van der Waals surface area contributed by atoms with E-state index in [1.165, 1.54) is 7.11 Å². The minimum absolute atomic E-state index is 0.392. The van der Waals surface area contributed by atoms with E-state index in [1.807, 2.05) is 0 Å². The molecule has 35 heavy (non-hydrogen) atoms. The van der Waals surface area contributed by atoms with Crippen LogP contribution in [-0.2, 0) is 28.4 Å². The average molecular weight is 514 g/mol. The SMILES string of the molecule is COC1OC(CO)C(OC2OC(CO)C(OC3OC(CO)C(C)C(O)C3N)C(O)C2N)C(O)C1N. The summed E-state index contributed by atoms with van der Waals surface area (Å²) in [5.41, 5.74) is 18.1. The lowest BCUT2D eigenvalue weighted by Crippen LogP contribution is -2.69. The van der Waals surface area contributed by atoms with Gasteiger partial charge < -0.3 is 76.3 Å². The van der Waals surface area contributed by atoms with Crippen LogP contribution in [0.15, 0.2) is 0 Å². The number of hydrogen-bond donors (Lipinski definition) is 9. The first-order valence-corrected chi connectivity index (χ1v) is 11.5. The Labute approximate surface area is 202 Å². The van der Waals surface area contributed by atoms with Gasteiger partial charge in [-0.25, -0.2) is 0 Å². The summed E-state index contributed by atoms with van der Waals surface area (Å²) >= 11 is 0. The van der Waals surface area contributed by atoms with Crippen LogP contribution in [0.25, 0.3) is 0 Å². The molecule has 0 aliphatic carbocycles. The van der Waals surface area contributed by atoms with Crippen molar-refractivity contribution in [1.29, 1.82) is 0 Å². The molecule has 0 aromatic rings. The Morgan fingerprint density at radius 2 is 1.00 bits per heavy atom. The van der Waals surface area contributed by atoms with Gasteiger partial charge in [-0.15, -0.1) is 0 Å². The predicted octanol–water partition coefficient (Wildman–Crippen LogP) is -5.74. The molecule has 3 saturated heterocycles. The zero-order valence-corrected chi connectivity index (χ0v) is 19.6. The zero-order chi connectivity index (χ0) is 26.0. The van der Waals surface area contributed by atoms with Gasteiger partial charge in [0.2, 0.25) is 0 Å². The number of aliphatic hydroxyl groups excluding tert-OH is 6. The van der Waals surface area contributed by atoms with E-state index in [2.05, 4.69) is 0 Å². The van der Waals surface area contributed by atoms with Gasteiger partial charge in [0, 0.05) is 13.0 Å². The molecule has 0 saturated carbocycles. The van der Waals surface area contributed by atoms with Gasteiger partial charge in [-0.3, -0.25) is 0 Å². The fourth-order valence-corrected chi connectivity index (χ4v) is 4.61. The fourth-order valence-electron chi connectivity index (χ4n) is 4.61. The molecule has 206 valence electrons. The summed E-state index contributed by atoms with van der Waals surface area (Å²) in [6, 6.07) is -3.27. The molecule has 3 rings (SSSR count). The molecular formula is C20H39N3O12. The van der Waals surface area contributed by atoms with E-state index in [-0.39, 0.29) is 0 Å². The molecule has 3 heterocycles. The highest BCUT2D eigenvalue weighted by Crippen LogP contribution is 2.32. The first-order chi connectivity index (χ1) is 16.6. The Morgan fingerprint density at radius 3 is 1.43 bits per heavy atom. The topological polar surface area (TPSA) is 255 Å². The normalized spacial score (nSPS) is 51.3. The number of aliphatic hydroxyl groups is 6. The van der Waals surface area contributed by atoms with Crippen molar-refractivity contribution in [2.75, 3.05) is 26.9 Å². The van der Waals surface area contributed by atoms with Crippen LogP contribution >= 0.6 is 0 Å². The highest BCUT2D eigenvalue weighted by atomic mass is 16.7. The van der Waals surface area contributed by atoms with Crippen LogP contribution in [0, 0.1) is 5.92 Å². The van der Waals surface area contributed by atoms with Crippen LogP contribution in [0.5, 0.6) is 0 Å². The second-order valence-corrected chi connectivity index (χ2v) is 9.18.